The van der Waals surface area contributed by atoms with E-state index in [1.165, 1.54) is 23.9 Å². The summed E-state index contributed by atoms with van der Waals surface area (Å²) < 4.78 is 23.6. The topological polar surface area (TPSA) is 65.2 Å². The highest BCUT2D eigenvalue weighted by Crippen LogP contribution is 2.28. The number of nitrogens with zero attached hydrogens (tertiary/aromatic N) is 2. The molecule has 0 amide bonds. The van der Waals surface area contributed by atoms with E-state index in [9.17, 15) is 9.18 Å². The van der Waals surface area contributed by atoms with Crippen LogP contribution in [0.4, 0.5) is 4.39 Å². The van der Waals surface area contributed by atoms with Crippen LogP contribution in [-0.4, -0.2) is 28.3 Å². The molecule has 0 fully saturated rings. The van der Waals surface area contributed by atoms with Crippen molar-refractivity contribution in [1.82, 2.24) is 10.2 Å². The molecule has 0 aliphatic rings. The van der Waals surface area contributed by atoms with Crippen molar-refractivity contribution >= 4 is 17.5 Å². The third kappa shape index (κ3) is 4.06. The summed E-state index contributed by atoms with van der Waals surface area (Å²) in [5.41, 5.74) is 1.20. The van der Waals surface area contributed by atoms with Gasteiger partial charge in [-0.15, -0.1) is 10.2 Å². The van der Waals surface area contributed by atoms with Crippen molar-refractivity contribution in [3.8, 4) is 17.2 Å². The molecule has 1 atom stereocenters. The van der Waals surface area contributed by atoms with Crippen molar-refractivity contribution in [2.45, 2.75) is 17.4 Å². The van der Waals surface area contributed by atoms with Crippen LogP contribution in [-0.2, 0) is 0 Å². The van der Waals surface area contributed by atoms with Crippen molar-refractivity contribution in [3.05, 3.63) is 59.9 Å². The Labute approximate surface area is 148 Å². The van der Waals surface area contributed by atoms with Gasteiger partial charge in [0.1, 0.15) is 11.6 Å². The van der Waals surface area contributed by atoms with E-state index in [-0.39, 0.29) is 22.7 Å². The van der Waals surface area contributed by atoms with E-state index in [0.717, 1.165) is 0 Å². The first-order valence-corrected chi connectivity index (χ1v) is 8.39. The highest BCUT2D eigenvalue weighted by molar-refractivity contribution is 8.00. The molecular formula is C18H15FN2O3S. The molecule has 1 aromatic heterocycles. The second-order valence-electron chi connectivity index (χ2n) is 5.23. The van der Waals surface area contributed by atoms with Gasteiger partial charge >= 0.3 is 0 Å². The average Bonchev–Trinajstić information content (AvgIpc) is 3.10. The van der Waals surface area contributed by atoms with Crippen LogP contribution in [0.2, 0.25) is 0 Å². The number of carbonyl (C=O) groups is 1. The minimum atomic E-state index is -0.394. The number of ether oxygens (including phenoxy) is 1. The maximum atomic E-state index is 13.0. The molecule has 2 aromatic carbocycles. The zero-order valence-electron chi connectivity index (χ0n) is 13.6. The fourth-order valence-corrected chi connectivity index (χ4v) is 2.92. The molecule has 0 saturated heterocycles. The second-order valence-corrected chi connectivity index (χ2v) is 6.52. The van der Waals surface area contributed by atoms with E-state index in [2.05, 4.69) is 10.2 Å². The third-order valence-corrected chi connectivity index (χ3v) is 4.45. The second kappa shape index (κ2) is 7.48. The van der Waals surface area contributed by atoms with Crippen molar-refractivity contribution in [1.29, 1.82) is 0 Å². The number of aromatic nitrogens is 2. The van der Waals surface area contributed by atoms with Crippen LogP contribution in [0.15, 0.2) is 58.2 Å². The van der Waals surface area contributed by atoms with Gasteiger partial charge in [0.05, 0.1) is 12.4 Å². The molecular weight excluding hydrogens is 343 g/mol. The number of methoxy groups -OCH3 is 1. The Bertz CT molecular complexity index is 863. The molecule has 128 valence electrons. The summed E-state index contributed by atoms with van der Waals surface area (Å²) in [5.74, 6) is 0.593. The molecule has 0 bridgehead atoms. The quantitative estimate of drug-likeness (QED) is 0.485. The van der Waals surface area contributed by atoms with Crippen LogP contribution in [0.1, 0.15) is 17.3 Å². The number of thioether (sulfide) groups is 1. The average molecular weight is 358 g/mol. The highest BCUT2D eigenvalue weighted by Gasteiger charge is 2.20. The Morgan fingerprint density at radius 1 is 1.12 bits per heavy atom. The maximum Gasteiger partial charge on any atom is 0.277 e. The molecule has 5 nitrogen and oxygen atoms in total. The van der Waals surface area contributed by atoms with Gasteiger partial charge in [0.25, 0.3) is 5.22 Å². The van der Waals surface area contributed by atoms with E-state index in [1.54, 1.807) is 50.4 Å². The summed E-state index contributed by atoms with van der Waals surface area (Å²) in [6.45, 7) is 1.78. The summed E-state index contributed by atoms with van der Waals surface area (Å²) in [6.07, 6.45) is 0. The number of rotatable bonds is 6. The Morgan fingerprint density at radius 2 is 1.80 bits per heavy atom. The van der Waals surface area contributed by atoms with Crippen LogP contribution >= 0.6 is 11.8 Å². The van der Waals surface area contributed by atoms with Crippen molar-refractivity contribution < 1.29 is 18.3 Å². The first-order valence-electron chi connectivity index (χ1n) is 7.51. The van der Waals surface area contributed by atoms with E-state index in [4.69, 9.17) is 9.15 Å². The predicted octanol–water partition coefficient (Wildman–Crippen LogP) is 4.25. The minimum absolute atomic E-state index is 0.0471. The molecule has 0 radical (unpaired) electrons. The Balaban J connectivity index is 1.69. The van der Waals surface area contributed by atoms with Gasteiger partial charge in [-0.05, 0) is 55.5 Å². The number of hydrogen-bond donors (Lipinski definition) is 0. The van der Waals surface area contributed by atoms with Crippen LogP contribution in [0, 0.1) is 5.82 Å². The normalized spacial score (nSPS) is 12.0. The lowest BCUT2D eigenvalue weighted by Crippen LogP contribution is -2.13. The smallest absolute Gasteiger partial charge is 0.277 e. The zero-order valence-corrected chi connectivity index (χ0v) is 14.4. The van der Waals surface area contributed by atoms with Crippen molar-refractivity contribution in [3.63, 3.8) is 0 Å². The molecule has 1 heterocycles. The lowest BCUT2D eigenvalue weighted by molar-refractivity contribution is 0.0993. The zero-order chi connectivity index (χ0) is 17.8. The maximum absolute atomic E-state index is 13.0. The Kier molecular flexibility index (Phi) is 5.14. The van der Waals surface area contributed by atoms with Gasteiger partial charge in [0.2, 0.25) is 5.89 Å². The lowest BCUT2D eigenvalue weighted by Gasteiger charge is -2.08. The van der Waals surface area contributed by atoms with Crippen molar-refractivity contribution in [2.24, 2.45) is 0 Å². The molecule has 0 aliphatic heterocycles. The Hall–Kier alpha value is -2.67. The first-order chi connectivity index (χ1) is 12.1. The van der Waals surface area contributed by atoms with E-state index in [1.807, 2.05) is 0 Å². The SMILES string of the molecule is COc1ccc(C(=O)C(C)Sc2nnc(-c3ccc(F)cc3)o2)cc1. The molecule has 0 spiro atoms. The largest absolute Gasteiger partial charge is 0.497 e. The van der Waals surface area contributed by atoms with Crippen LogP contribution in [0.25, 0.3) is 11.5 Å². The number of benzene rings is 2. The van der Waals surface area contributed by atoms with Gasteiger partial charge in [0.15, 0.2) is 5.78 Å². The van der Waals surface area contributed by atoms with E-state index in [0.29, 0.717) is 16.9 Å². The number of hydrogen-bond acceptors (Lipinski definition) is 6. The number of Topliss-reactive ketones (excluding diaryl/α,β-unsaturated/α-hetero) is 1. The number of carbonyl (C=O) groups excluding carboxylic acids is 1. The lowest BCUT2D eigenvalue weighted by atomic mass is 10.1. The van der Waals surface area contributed by atoms with Crippen LogP contribution < -0.4 is 4.74 Å². The van der Waals surface area contributed by atoms with Crippen LogP contribution in [0.5, 0.6) is 5.75 Å². The summed E-state index contributed by atoms with van der Waals surface area (Å²) in [6, 6.07) is 12.7. The van der Waals surface area contributed by atoms with E-state index < -0.39 is 5.25 Å². The van der Waals surface area contributed by atoms with Crippen LogP contribution in [0.3, 0.4) is 0 Å². The van der Waals surface area contributed by atoms with Gasteiger partial charge in [-0.1, -0.05) is 11.8 Å². The van der Waals surface area contributed by atoms with Gasteiger partial charge in [-0.2, -0.15) is 0 Å². The standard InChI is InChI=1S/C18H15FN2O3S/c1-11(16(22)12-5-9-15(23-2)10-6-12)25-18-21-20-17(24-18)13-3-7-14(19)8-4-13/h3-11H,1-2H3. The molecule has 3 rings (SSSR count). The molecule has 3 aromatic rings. The summed E-state index contributed by atoms with van der Waals surface area (Å²) in [7, 11) is 1.57. The number of ketones is 1. The summed E-state index contributed by atoms with van der Waals surface area (Å²) in [4.78, 5) is 12.5. The van der Waals surface area contributed by atoms with Gasteiger partial charge < -0.3 is 9.15 Å². The fraction of sp³-hybridized carbons (Fsp3) is 0.167. The van der Waals surface area contributed by atoms with Gasteiger partial charge in [-0.25, -0.2) is 4.39 Å². The van der Waals surface area contributed by atoms with Gasteiger partial charge in [0, 0.05) is 11.1 Å². The fourth-order valence-electron chi connectivity index (χ4n) is 2.16. The number of halogens is 1. The van der Waals surface area contributed by atoms with Gasteiger partial charge in [-0.3, -0.25) is 4.79 Å². The highest BCUT2D eigenvalue weighted by atomic mass is 32.2. The molecule has 0 aliphatic carbocycles. The molecule has 0 N–H and O–H groups in total. The van der Waals surface area contributed by atoms with Crippen molar-refractivity contribution in [2.75, 3.05) is 7.11 Å². The molecule has 0 saturated carbocycles. The van der Waals surface area contributed by atoms with E-state index >= 15 is 0 Å². The molecule has 25 heavy (non-hydrogen) atoms. The Morgan fingerprint density at radius 3 is 2.44 bits per heavy atom. The summed E-state index contributed by atoms with van der Waals surface area (Å²) >= 11 is 1.18. The third-order valence-electron chi connectivity index (χ3n) is 3.52. The minimum Gasteiger partial charge on any atom is -0.497 e. The molecule has 1 unspecified atom stereocenters. The predicted molar refractivity (Wildman–Crippen MR) is 92.3 cm³/mol. The first kappa shape index (κ1) is 17.2. The summed E-state index contributed by atoms with van der Waals surface area (Å²) in [5, 5.41) is 7.77. The monoisotopic (exact) mass is 358 g/mol. The molecule has 7 heteroatoms.